The number of ether oxygens (including phenoxy) is 1. The molecule has 1 aromatic heterocycles. The average molecular weight is 459 g/mol. The van der Waals surface area contributed by atoms with Crippen LogP contribution in [0, 0.1) is 0 Å². The summed E-state index contributed by atoms with van der Waals surface area (Å²) in [5, 5.41) is 16.1. The van der Waals surface area contributed by atoms with Crippen LogP contribution in [0.3, 0.4) is 0 Å². The van der Waals surface area contributed by atoms with Crippen LogP contribution in [-0.4, -0.2) is 30.8 Å². The van der Waals surface area contributed by atoms with E-state index in [0.29, 0.717) is 6.61 Å². The number of aryl methyl sites for hydroxylation is 1. The average Bonchev–Trinajstić information content (AvgIpc) is 3.29. The largest absolute Gasteiger partial charge is 0.493 e. The number of benzene rings is 3. The van der Waals surface area contributed by atoms with Crippen LogP contribution < -0.4 is 15.4 Å². The minimum absolute atomic E-state index is 0.0957. The number of hydrogen-bond acceptors (Lipinski definition) is 5. The highest BCUT2D eigenvalue weighted by Gasteiger charge is 2.15. The Morgan fingerprint density at radius 1 is 0.971 bits per heavy atom. The Labute approximate surface area is 199 Å². The molecule has 3 N–H and O–H groups in total. The molecule has 0 aliphatic carbocycles. The van der Waals surface area contributed by atoms with Gasteiger partial charge >= 0.3 is 5.97 Å². The van der Waals surface area contributed by atoms with Crippen LogP contribution in [0.5, 0.6) is 5.75 Å². The lowest BCUT2D eigenvalue weighted by atomic mass is 10.0. The van der Waals surface area contributed by atoms with Gasteiger partial charge in [-0.05, 0) is 54.8 Å². The quantitative estimate of drug-likeness (QED) is 0.212. The Hall–Kier alpha value is -3.93. The van der Waals surface area contributed by atoms with Gasteiger partial charge in [0.25, 0.3) is 0 Å². The van der Waals surface area contributed by atoms with Crippen molar-refractivity contribution in [2.24, 2.45) is 0 Å². The lowest BCUT2D eigenvalue weighted by molar-refractivity contribution is -0.134. The van der Waals surface area contributed by atoms with Crippen LogP contribution in [0.1, 0.15) is 25.3 Å². The maximum atomic E-state index is 10.6. The summed E-state index contributed by atoms with van der Waals surface area (Å²) in [5.41, 5.74) is 6.05. The van der Waals surface area contributed by atoms with Crippen molar-refractivity contribution in [1.29, 1.82) is 0 Å². The molecule has 6 heteroatoms. The van der Waals surface area contributed by atoms with Gasteiger partial charge in [0.05, 0.1) is 12.9 Å². The molecule has 0 atom stereocenters. The first-order chi connectivity index (χ1) is 16.7. The molecule has 34 heavy (non-hydrogen) atoms. The van der Waals surface area contributed by atoms with Crippen molar-refractivity contribution in [3.63, 3.8) is 0 Å². The van der Waals surface area contributed by atoms with Gasteiger partial charge in [-0.15, -0.1) is 0 Å². The van der Waals surface area contributed by atoms with Gasteiger partial charge in [-0.2, -0.15) is 0 Å². The van der Waals surface area contributed by atoms with Crippen LogP contribution >= 0.6 is 0 Å². The molecule has 176 valence electrons. The summed E-state index contributed by atoms with van der Waals surface area (Å²) in [5.74, 6) is 0.00398. The van der Waals surface area contributed by atoms with Gasteiger partial charge in [0.2, 0.25) is 0 Å². The zero-order chi connectivity index (χ0) is 23.8. The fourth-order valence-corrected chi connectivity index (χ4v) is 3.97. The summed E-state index contributed by atoms with van der Waals surface area (Å²) in [6.45, 7) is 3.43. The standard InChI is InChI=1S/C28H30N2O4/c1-2-7-24-26(15-14-23-25(19-34-28(23)24)20-8-4-3-5-9-20)33-17-6-16-29-21-10-12-22(13-11-21)30-18-27(31)32/h3-5,8-15,19,29-30H,2,6-7,16-18H2,1H3,(H,31,32). The van der Waals surface area contributed by atoms with E-state index < -0.39 is 5.97 Å². The minimum atomic E-state index is -0.882. The predicted octanol–water partition coefficient (Wildman–Crippen LogP) is 6.43. The number of carboxylic acid groups (broad SMARTS) is 1. The maximum absolute atomic E-state index is 10.6. The van der Waals surface area contributed by atoms with Crippen molar-refractivity contribution >= 4 is 28.3 Å². The summed E-state index contributed by atoms with van der Waals surface area (Å²) < 4.78 is 12.2. The molecule has 0 radical (unpaired) electrons. The molecule has 0 saturated carbocycles. The number of carboxylic acids is 1. The van der Waals surface area contributed by atoms with E-state index in [4.69, 9.17) is 14.3 Å². The molecule has 0 spiro atoms. The molecule has 6 nitrogen and oxygen atoms in total. The molecule has 0 amide bonds. The lowest BCUT2D eigenvalue weighted by Gasteiger charge is -2.13. The molecule has 0 unspecified atom stereocenters. The van der Waals surface area contributed by atoms with E-state index in [1.54, 1.807) is 0 Å². The van der Waals surface area contributed by atoms with Gasteiger partial charge in [0.1, 0.15) is 17.9 Å². The molecule has 0 saturated heterocycles. The molecular weight excluding hydrogens is 428 g/mol. The van der Waals surface area contributed by atoms with Crippen molar-refractivity contribution in [3.05, 3.63) is 78.6 Å². The van der Waals surface area contributed by atoms with Crippen molar-refractivity contribution in [3.8, 4) is 16.9 Å². The summed E-state index contributed by atoms with van der Waals surface area (Å²) in [6, 6.07) is 22.0. The summed E-state index contributed by atoms with van der Waals surface area (Å²) in [4.78, 5) is 10.6. The molecule has 4 aromatic rings. The lowest BCUT2D eigenvalue weighted by Crippen LogP contribution is -2.12. The van der Waals surface area contributed by atoms with Gasteiger partial charge in [-0.1, -0.05) is 43.7 Å². The maximum Gasteiger partial charge on any atom is 0.322 e. The highest BCUT2D eigenvalue weighted by Crippen LogP contribution is 2.37. The first-order valence-corrected chi connectivity index (χ1v) is 11.7. The van der Waals surface area contributed by atoms with Crippen molar-refractivity contribution in [2.75, 3.05) is 30.3 Å². The van der Waals surface area contributed by atoms with Gasteiger partial charge in [-0.3, -0.25) is 4.79 Å². The normalized spacial score (nSPS) is 10.9. The number of aliphatic carboxylic acids is 1. The van der Waals surface area contributed by atoms with E-state index in [9.17, 15) is 4.79 Å². The Kier molecular flexibility index (Phi) is 7.71. The summed E-state index contributed by atoms with van der Waals surface area (Å²) >= 11 is 0. The van der Waals surface area contributed by atoms with E-state index in [2.05, 4.69) is 41.8 Å². The SMILES string of the molecule is CCCc1c(OCCCNc2ccc(NCC(=O)O)cc2)ccc2c(-c3ccccc3)coc12. The molecule has 0 aliphatic rings. The highest BCUT2D eigenvalue weighted by atomic mass is 16.5. The van der Waals surface area contributed by atoms with Crippen LogP contribution in [-0.2, 0) is 11.2 Å². The molecule has 4 rings (SSSR count). The number of carbonyl (C=O) groups is 1. The van der Waals surface area contributed by atoms with E-state index in [1.807, 2.05) is 48.7 Å². The molecule has 0 fully saturated rings. The second-order valence-corrected chi connectivity index (χ2v) is 8.14. The van der Waals surface area contributed by atoms with E-state index in [1.165, 1.54) is 0 Å². The topological polar surface area (TPSA) is 83.7 Å². The van der Waals surface area contributed by atoms with Gasteiger partial charge in [-0.25, -0.2) is 0 Å². The van der Waals surface area contributed by atoms with E-state index in [0.717, 1.165) is 70.6 Å². The second kappa shape index (κ2) is 11.3. The summed E-state index contributed by atoms with van der Waals surface area (Å²) in [7, 11) is 0. The summed E-state index contributed by atoms with van der Waals surface area (Å²) in [6.07, 6.45) is 4.59. The fourth-order valence-electron chi connectivity index (χ4n) is 3.97. The smallest absolute Gasteiger partial charge is 0.322 e. The number of furan rings is 1. The van der Waals surface area contributed by atoms with E-state index in [-0.39, 0.29) is 6.54 Å². The number of hydrogen-bond donors (Lipinski definition) is 3. The Balaban J connectivity index is 1.34. The predicted molar refractivity (Wildman–Crippen MR) is 137 cm³/mol. The Morgan fingerprint density at radius 2 is 1.71 bits per heavy atom. The van der Waals surface area contributed by atoms with Crippen LogP contribution in [0.4, 0.5) is 11.4 Å². The zero-order valence-electron chi connectivity index (χ0n) is 19.3. The van der Waals surface area contributed by atoms with Crippen molar-refractivity contribution < 1.29 is 19.1 Å². The van der Waals surface area contributed by atoms with E-state index >= 15 is 0 Å². The molecule has 3 aromatic carbocycles. The van der Waals surface area contributed by atoms with Crippen molar-refractivity contribution in [2.45, 2.75) is 26.2 Å². The Bertz CT molecular complexity index is 1220. The molecule has 1 heterocycles. The fraction of sp³-hybridized carbons (Fsp3) is 0.250. The number of anilines is 2. The molecule has 0 bridgehead atoms. The third-order valence-corrected chi connectivity index (χ3v) is 5.62. The molecular formula is C28H30N2O4. The monoisotopic (exact) mass is 458 g/mol. The van der Waals surface area contributed by atoms with Crippen LogP contribution in [0.25, 0.3) is 22.1 Å². The van der Waals surface area contributed by atoms with Crippen molar-refractivity contribution in [1.82, 2.24) is 0 Å². The van der Waals surface area contributed by atoms with Gasteiger partial charge in [0, 0.05) is 34.4 Å². The van der Waals surface area contributed by atoms with Gasteiger partial charge in [0.15, 0.2) is 0 Å². The number of fused-ring (bicyclic) bond motifs is 1. The third-order valence-electron chi connectivity index (χ3n) is 5.62. The minimum Gasteiger partial charge on any atom is -0.493 e. The number of rotatable bonds is 12. The number of nitrogens with one attached hydrogen (secondary N) is 2. The first-order valence-electron chi connectivity index (χ1n) is 11.7. The van der Waals surface area contributed by atoms with Crippen LogP contribution in [0.2, 0.25) is 0 Å². The third kappa shape index (κ3) is 5.70. The highest BCUT2D eigenvalue weighted by molar-refractivity contribution is 5.96. The first kappa shape index (κ1) is 23.2. The second-order valence-electron chi connectivity index (χ2n) is 8.14. The zero-order valence-corrected chi connectivity index (χ0v) is 19.3. The van der Waals surface area contributed by atoms with Crippen LogP contribution in [0.15, 0.2) is 77.4 Å². The van der Waals surface area contributed by atoms with Gasteiger partial charge < -0.3 is 24.9 Å². The Morgan fingerprint density at radius 3 is 2.41 bits per heavy atom. The molecule has 0 aliphatic heterocycles.